The summed E-state index contributed by atoms with van der Waals surface area (Å²) >= 11 is 0. The molecule has 2 aliphatic heterocycles. The fourth-order valence-electron chi connectivity index (χ4n) is 7.16. The number of hydrogen-bond acceptors (Lipinski definition) is 5. The highest BCUT2D eigenvalue weighted by atomic mass is 16.5. The lowest BCUT2D eigenvalue weighted by molar-refractivity contribution is -0.0859. The van der Waals surface area contributed by atoms with E-state index in [-0.39, 0.29) is 0 Å². The molecule has 0 amide bonds. The maximum absolute atomic E-state index is 5.37. The summed E-state index contributed by atoms with van der Waals surface area (Å²) in [5, 5.41) is 0. The molecule has 1 unspecified atom stereocenters. The number of methoxy groups -OCH3 is 1. The van der Waals surface area contributed by atoms with Gasteiger partial charge in [-0.15, -0.1) is 0 Å². The highest BCUT2D eigenvalue weighted by Crippen LogP contribution is 2.53. The molecule has 37 heavy (non-hydrogen) atoms. The van der Waals surface area contributed by atoms with E-state index in [2.05, 4.69) is 90.8 Å². The van der Waals surface area contributed by atoms with Crippen molar-refractivity contribution in [2.75, 3.05) is 39.8 Å². The van der Waals surface area contributed by atoms with Crippen LogP contribution in [0.2, 0.25) is 0 Å². The fraction of sp³-hybridized carbons (Fsp3) is 0.656. The molecule has 1 aliphatic carbocycles. The van der Waals surface area contributed by atoms with Crippen LogP contribution in [0.25, 0.3) is 0 Å². The minimum Gasteiger partial charge on any atom is -0.497 e. The number of benzene rings is 1. The lowest BCUT2D eigenvalue weighted by atomic mass is 9.59. The predicted molar refractivity (Wildman–Crippen MR) is 152 cm³/mol. The van der Waals surface area contributed by atoms with Gasteiger partial charge in [-0.25, -0.2) is 0 Å². The number of pyridine rings is 1. The molecule has 0 bridgehead atoms. The van der Waals surface area contributed by atoms with Gasteiger partial charge in [0.25, 0.3) is 0 Å². The van der Waals surface area contributed by atoms with E-state index < -0.39 is 0 Å². The van der Waals surface area contributed by atoms with Crippen molar-refractivity contribution in [2.24, 2.45) is 5.41 Å². The van der Waals surface area contributed by atoms with E-state index >= 15 is 0 Å². The molecule has 5 nitrogen and oxygen atoms in total. The van der Waals surface area contributed by atoms with Crippen LogP contribution in [-0.4, -0.2) is 71.1 Å². The van der Waals surface area contributed by atoms with Gasteiger partial charge in [0.2, 0.25) is 0 Å². The summed E-state index contributed by atoms with van der Waals surface area (Å²) in [5.74, 6) is 1.43. The van der Waals surface area contributed by atoms with Gasteiger partial charge in [0.1, 0.15) is 5.75 Å². The average molecular weight is 505 g/mol. The second-order valence-corrected chi connectivity index (χ2v) is 13.2. The first-order chi connectivity index (χ1) is 17.7. The van der Waals surface area contributed by atoms with E-state index in [1.807, 2.05) is 6.20 Å². The molecule has 2 saturated heterocycles. The number of likely N-dealkylation sites (tertiary alicyclic amines) is 1. The van der Waals surface area contributed by atoms with E-state index in [1.54, 1.807) is 7.11 Å². The Morgan fingerprint density at radius 2 is 1.70 bits per heavy atom. The molecule has 2 aromatic rings. The summed E-state index contributed by atoms with van der Waals surface area (Å²) < 4.78 is 5.37. The van der Waals surface area contributed by atoms with Crippen molar-refractivity contribution in [1.82, 2.24) is 19.7 Å². The monoisotopic (exact) mass is 504 g/mol. The van der Waals surface area contributed by atoms with Crippen molar-refractivity contribution in [3.63, 3.8) is 0 Å². The summed E-state index contributed by atoms with van der Waals surface area (Å²) in [6.07, 6.45) is 9.62. The lowest BCUT2D eigenvalue weighted by Gasteiger charge is -2.59. The Labute approximate surface area is 225 Å². The molecule has 1 saturated carbocycles. The molecule has 5 rings (SSSR count). The number of aromatic nitrogens is 1. The molecule has 202 valence electrons. The smallest absolute Gasteiger partial charge is 0.118 e. The number of piperidine rings is 1. The van der Waals surface area contributed by atoms with Gasteiger partial charge in [0.15, 0.2) is 0 Å². The second kappa shape index (κ2) is 10.7. The van der Waals surface area contributed by atoms with Crippen molar-refractivity contribution in [3.05, 3.63) is 59.4 Å². The van der Waals surface area contributed by atoms with E-state index in [9.17, 15) is 0 Å². The molecule has 1 aromatic heterocycles. The third kappa shape index (κ3) is 5.74. The number of piperazine rings is 1. The molecular weight excluding hydrogens is 456 g/mol. The van der Waals surface area contributed by atoms with Crippen molar-refractivity contribution in [2.45, 2.75) is 90.4 Å². The van der Waals surface area contributed by atoms with Crippen LogP contribution in [0.4, 0.5) is 0 Å². The van der Waals surface area contributed by atoms with Crippen LogP contribution in [0.5, 0.6) is 5.75 Å². The first-order valence-electron chi connectivity index (χ1n) is 14.5. The Kier molecular flexibility index (Phi) is 7.68. The molecule has 1 aromatic carbocycles. The molecule has 1 spiro atoms. The molecule has 3 heterocycles. The maximum Gasteiger partial charge on any atom is 0.118 e. The molecule has 0 N–H and O–H groups in total. The minimum absolute atomic E-state index is 0.295. The van der Waals surface area contributed by atoms with Crippen LogP contribution in [0.15, 0.2) is 42.7 Å². The Morgan fingerprint density at radius 3 is 2.32 bits per heavy atom. The molecular formula is C32H48N4O. The zero-order valence-corrected chi connectivity index (χ0v) is 24.0. The average Bonchev–Trinajstić information content (AvgIpc) is 2.87. The van der Waals surface area contributed by atoms with Crippen molar-refractivity contribution in [1.29, 1.82) is 0 Å². The normalized spacial score (nSPS) is 23.9. The summed E-state index contributed by atoms with van der Waals surface area (Å²) in [4.78, 5) is 12.8. The fourth-order valence-corrected chi connectivity index (χ4v) is 7.16. The van der Waals surface area contributed by atoms with Crippen LogP contribution >= 0.6 is 0 Å². The first kappa shape index (κ1) is 26.6. The summed E-state index contributed by atoms with van der Waals surface area (Å²) in [6, 6.07) is 12.0. The predicted octanol–water partition coefficient (Wildman–Crippen LogP) is 6.12. The topological polar surface area (TPSA) is 31.8 Å². The zero-order chi connectivity index (χ0) is 26.2. The molecule has 5 heteroatoms. The quantitative estimate of drug-likeness (QED) is 0.473. The summed E-state index contributed by atoms with van der Waals surface area (Å²) in [5.41, 5.74) is 5.14. The van der Waals surface area contributed by atoms with Gasteiger partial charge in [-0.05, 0) is 106 Å². The van der Waals surface area contributed by atoms with Crippen molar-refractivity contribution < 1.29 is 4.74 Å². The highest BCUT2D eigenvalue weighted by molar-refractivity contribution is 5.31. The van der Waals surface area contributed by atoms with Crippen molar-refractivity contribution in [3.8, 4) is 5.75 Å². The van der Waals surface area contributed by atoms with Gasteiger partial charge >= 0.3 is 0 Å². The highest BCUT2D eigenvalue weighted by Gasteiger charge is 2.50. The van der Waals surface area contributed by atoms with Gasteiger partial charge in [-0.2, -0.15) is 0 Å². The number of nitrogens with zero attached hydrogens (tertiary/aromatic N) is 4. The number of rotatable bonds is 6. The molecule has 3 aliphatic rings. The zero-order valence-electron chi connectivity index (χ0n) is 24.0. The van der Waals surface area contributed by atoms with Crippen LogP contribution < -0.4 is 4.74 Å². The maximum atomic E-state index is 5.37. The van der Waals surface area contributed by atoms with Gasteiger partial charge in [-0.1, -0.05) is 26.0 Å². The van der Waals surface area contributed by atoms with Crippen LogP contribution in [-0.2, 0) is 6.54 Å². The Balaban J connectivity index is 1.31. The van der Waals surface area contributed by atoms with Gasteiger partial charge in [0, 0.05) is 56.2 Å². The van der Waals surface area contributed by atoms with E-state index in [0.717, 1.165) is 31.9 Å². The molecule has 0 radical (unpaired) electrons. The minimum atomic E-state index is 0.295. The van der Waals surface area contributed by atoms with Gasteiger partial charge in [0.05, 0.1) is 7.11 Å². The third-order valence-electron chi connectivity index (χ3n) is 9.52. The number of ether oxygens (including phenoxy) is 1. The second-order valence-electron chi connectivity index (χ2n) is 13.2. The van der Waals surface area contributed by atoms with Crippen LogP contribution in [0.3, 0.4) is 0 Å². The Morgan fingerprint density at radius 1 is 1.00 bits per heavy atom. The largest absolute Gasteiger partial charge is 0.497 e. The Bertz CT molecular complexity index is 1030. The van der Waals surface area contributed by atoms with E-state index in [1.165, 1.54) is 55.5 Å². The summed E-state index contributed by atoms with van der Waals surface area (Å²) in [7, 11) is 1.73. The summed E-state index contributed by atoms with van der Waals surface area (Å²) in [6.45, 7) is 18.6. The standard InChI is InChI=1S/C32H48N4O/c1-24(2)28-11-14-33-21-29(28)30-23-34(22-25-7-9-27(37-6)10-8-25)17-18-36(30)26-19-32(20-26)12-15-35(16-13-32)31(3,4)5/h7-11,14,21,24,26,30H,12-13,15-20,22-23H2,1-6H3. The molecule has 1 atom stereocenters. The van der Waals surface area contributed by atoms with E-state index in [0.29, 0.717) is 29.0 Å². The van der Waals surface area contributed by atoms with Gasteiger partial charge < -0.3 is 4.74 Å². The number of hydrogen-bond donors (Lipinski definition) is 0. The van der Waals surface area contributed by atoms with Crippen LogP contribution in [0, 0.1) is 5.41 Å². The van der Waals surface area contributed by atoms with Crippen molar-refractivity contribution >= 4 is 0 Å². The van der Waals surface area contributed by atoms with Crippen LogP contribution in [0.1, 0.15) is 89.0 Å². The third-order valence-corrected chi connectivity index (χ3v) is 9.52. The molecule has 3 fully saturated rings. The van der Waals surface area contributed by atoms with E-state index in [4.69, 9.17) is 4.74 Å². The SMILES string of the molecule is COc1ccc(CN2CCN(C3CC4(CCN(C(C)(C)C)CC4)C3)C(c3cnccc3C(C)C)C2)cc1. The first-order valence-corrected chi connectivity index (χ1v) is 14.5. The lowest BCUT2D eigenvalue weighted by Crippen LogP contribution is -2.60. The van der Waals surface area contributed by atoms with Gasteiger partial charge in [-0.3, -0.25) is 19.7 Å². The Hall–Kier alpha value is -1.95.